The summed E-state index contributed by atoms with van der Waals surface area (Å²) in [6.45, 7) is 6.11. The van der Waals surface area contributed by atoms with E-state index in [4.69, 9.17) is 0 Å². The number of hydrogen-bond donors (Lipinski definition) is 1. The van der Waals surface area contributed by atoms with Gasteiger partial charge in [-0.05, 0) is 30.4 Å². The Bertz CT molecular complexity index is 819. The lowest BCUT2D eigenvalue weighted by Crippen LogP contribution is -2.36. The Morgan fingerprint density at radius 3 is 2.91 bits per heavy atom. The SMILES string of the molecule is Cc1nc2n(n1)C(c1cccnc1)C1=C(CC(C)(C)CC1=O)N2. The Labute approximate surface area is 134 Å². The van der Waals surface area contributed by atoms with Gasteiger partial charge < -0.3 is 5.32 Å². The molecule has 0 spiro atoms. The van der Waals surface area contributed by atoms with E-state index in [1.54, 1.807) is 17.1 Å². The highest BCUT2D eigenvalue weighted by atomic mass is 16.1. The average Bonchev–Trinajstić information content (AvgIpc) is 2.84. The van der Waals surface area contributed by atoms with E-state index >= 15 is 0 Å². The predicted molar refractivity (Wildman–Crippen MR) is 85.8 cm³/mol. The van der Waals surface area contributed by atoms with Crippen molar-refractivity contribution < 1.29 is 4.79 Å². The first-order valence-corrected chi connectivity index (χ1v) is 7.81. The predicted octanol–water partition coefficient (Wildman–Crippen LogP) is 2.64. The fourth-order valence-corrected chi connectivity index (χ4v) is 3.56. The number of nitrogens with one attached hydrogen (secondary N) is 1. The maximum atomic E-state index is 12.9. The highest BCUT2D eigenvalue weighted by molar-refractivity contribution is 6.00. The zero-order valence-electron chi connectivity index (χ0n) is 13.5. The summed E-state index contributed by atoms with van der Waals surface area (Å²) in [5.41, 5.74) is 2.69. The van der Waals surface area contributed by atoms with Gasteiger partial charge in [-0.2, -0.15) is 10.1 Å². The Morgan fingerprint density at radius 2 is 2.17 bits per heavy atom. The molecule has 0 saturated heterocycles. The van der Waals surface area contributed by atoms with E-state index in [0.717, 1.165) is 23.3 Å². The molecule has 4 rings (SSSR count). The number of allylic oxidation sites excluding steroid dienone is 2. The zero-order chi connectivity index (χ0) is 16.2. The molecule has 23 heavy (non-hydrogen) atoms. The number of rotatable bonds is 1. The first-order chi connectivity index (χ1) is 10.9. The minimum Gasteiger partial charge on any atom is -0.328 e. The number of anilines is 1. The largest absolute Gasteiger partial charge is 0.328 e. The number of nitrogens with zero attached hydrogens (tertiary/aromatic N) is 4. The van der Waals surface area contributed by atoms with Gasteiger partial charge in [0.25, 0.3) is 0 Å². The number of aromatic nitrogens is 4. The van der Waals surface area contributed by atoms with Crippen molar-refractivity contribution in [3.05, 3.63) is 47.2 Å². The number of aryl methyl sites for hydroxylation is 1. The standard InChI is InChI=1S/C17H19N5O/c1-10-19-16-20-12-7-17(2,3)8-13(23)14(12)15(22(16)21-10)11-5-4-6-18-9-11/h4-6,9,15H,7-8H2,1-3H3,(H,19,20,21). The summed E-state index contributed by atoms with van der Waals surface area (Å²) < 4.78 is 1.81. The molecule has 1 unspecified atom stereocenters. The monoisotopic (exact) mass is 309 g/mol. The van der Waals surface area contributed by atoms with Crippen LogP contribution in [0.3, 0.4) is 0 Å². The fourth-order valence-electron chi connectivity index (χ4n) is 3.56. The van der Waals surface area contributed by atoms with Crippen LogP contribution in [0.2, 0.25) is 0 Å². The van der Waals surface area contributed by atoms with Crippen LogP contribution in [-0.4, -0.2) is 25.5 Å². The highest BCUT2D eigenvalue weighted by Gasteiger charge is 2.41. The normalized spacial score (nSPS) is 22.4. The molecular weight excluding hydrogens is 290 g/mol. The lowest BCUT2D eigenvalue weighted by atomic mass is 9.73. The third-order valence-electron chi connectivity index (χ3n) is 4.44. The molecule has 1 N–H and O–H groups in total. The van der Waals surface area contributed by atoms with Gasteiger partial charge in [0.15, 0.2) is 5.78 Å². The van der Waals surface area contributed by atoms with E-state index in [1.165, 1.54) is 0 Å². The van der Waals surface area contributed by atoms with E-state index < -0.39 is 0 Å². The number of Topliss-reactive ketones (excluding diaryl/α,β-unsaturated/α-hetero) is 1. The summed E-state index contributed by atoms with van der Waals surface area (Å²) in [5.74, 6) is 1.56. The van der Waals surface area contributed by atoms with Gasteiger partial charge in [0.05, 0.1) is 0 Å². The minimum absolute atomic E-state index is 0.0420. The molecule has 0 bridgehead atoms. The molecule has 6 heteroatoms. The van der Waals surface area contributed by atoms with Crippen molar-refractivity contribution in [1.82, 2.24) is 19.7 Å². The van der Waals surface area contributed by atoms with Crippen LogP contribution in [0.4, 0.5) is 5.95 Å². The second-order valence-corrected chi connectivity index (χ2v) is 7.07. The second-order valence-electron chi connectivity index (χ2n) is 7.07. The molecule has 1 aliphatic heterocycles. The lowest BCUT2D eigenvalue weighted by molar-refractivity contribution is -0.118. The summed E-state index contributed by atoms with van der Waals surface area (Å²) in [7, 11) is 0. The van der Waals surface area contributed by atoms with Crippen LogP contribution >= 0.6 is 0 Å². The van der Waals surface area contributed by atoms with E-state index in [-0.39, 0.29) is 17.2 Å². The van der Waals surface area contributed by atoms with Crippen molar-refractivity contribution in [2.45, 2.75) is 39.7 Å². The molecule has 118 valence electrons. The van der Waals surface area contributed by atoms with Crippen molar-refractivity contribution in [2.24, 2.45) is 5.41 Å². The summed E-state index contributed by atoms with van der Waals surface area (Å²) in [6, 6.07) is 3.62. The molecule has 0 fully saturated rings. The Hall–Kier alpha value is -2.50. The quantitative estimate of drug-likeness (QED) is 0.876. The number of carbonyl (C=O) groups excluding carboxylic acids is 1. The van der Waals surface area contributed by atoms with Gasteiger partial charge in [-0.1, -0.05) is 19.9 Å². The molecular formula is C17H19N5O. The molecule has 3 heterocycles. The first-order valence-electron chi connectivity index (χ1n) is 7.81. The van der Waals surface area contributed by atoms with E-state index in [1.807, 2.05) is 19.1 Å². The highest BCUT2D eigenvalue weighted by Crippen LogP contribution is 2.45. The van der Waals surface area contributed by atoms with Crippen molar-refractivity contribution in [1.29, 1.82) is 0 Å². The topological polar surface area (TPSA) is 72.7 Å². The molecule has 0 saturated carbocycles. The first kappa shape index (κ1) is 14.1. The number of carbonyl (C=O) groups is 1. The van der Waals surface area contributed by atoms with Gasteiger partial charge >= 0.3 is 0 Å². The molecule has 0 radical (unpaired) electrons. The molecule has 2 aliphatic rings. The van der Waals surface area contributed by atoms with Crippen LogP contribution in [0.5, 0.6) is 0 Å². The Kier molecular flexibility index (Phi) is 2.91. The van der Waals surface area contributed by atoms with Crippen LogP contribution in [0.25, 0.3) is 0 Å². The fraction of sp³-hybridized carbons (Fsp3) is 0.412. The Balaban J connectivity index is 1.92. The van der Waals surface area contributed by atoms with Crippen LogP contribution in [0.1, 0.15) is 44.1 Å². The van der Waals surface area contributed by atoms with Gasteiger partial charge in [-0.25, -0.2) is 4.68 Å². The molecule has 2 aromatic rings. The maximum Gasteiger partial charge on any atom is 0.226 e. The number of hydrogen-bond acceptors (Lipinski definition) is 5. The number of pyridine rings is 1. The van der Waals surface area contributed by atoms with Gasteiger partial charge in [0, 0.05) is 30.1 Å². The molecule has 0 aromatic carbocycles. The van der Waals surface area contributed by atoms with Gasteiger partial charge in [0.2, 0.25) is 5.95 Å². The smallest absolute Gasteiger partial charge is 0.226 e. The third-order valence-corrected chi connectivity index (χ3v) is 4.44. The molecule has 6 nitrogen and oxygen atoms in total. The molecule has 1 atom stereocenters. The van der Waals surface area contributed by atoms with Crippen LogP contribution < -0.4 is 5.32 Å². The molecule has 0 amide bonds. The van der Waals surface area contributed by atoms with E-state index in [9.17, 15) is 4.79 Å². The van der Waals surface area contributed by atoms with Crippen molar-refractivity contribution in [3.8, 4) is 0 Å². The number of ketones is 1. The van der Waals surface area contributed by atoms with Gasteiger partial charge in [-0.15, -0.1) is 0 Å². The summed E-state index contributed by atoms with van der Waals surface area (Å²) in [5, 5.41) is 7.83. The van der Waals surface area contributed by atoms with Gasteiger partial charge in [0.1, 0.15) is 11.9 Å². The molecule has 1 aliphatic carbocycles. The maximum absolute atomic E-state index is 12.9. The van der Waals surface area contributed by atoms with Crippen molar-refractivity contribution >= 4 is 11.7 Å². The summed E-state index contributed by atoms with van der Waals surface area (Å²) in [4.78, 5) is 21.5. The van der Waals surface area contributed by atoms with Crippen molar-refractivity contribution in [2.75, 3.05) is 5.32 Å². The van der Waals surface area contributed by atoms with Crippen LogP contribution in [0.15, 0.2) is 35.8 Å². The average molecular weight is 309 g/mol. The minimum atomic E-state index is -0.250. The van der Waals surface area contributed by atoms with Crippen molar-refractivity contribution in [3.63, 3.8) is 0 Å². The van der Waals surface area contributed by atoms with E-state index in [0.29, 0.717) is 18.2 Å². The Morgan fingerprint density at radius 1 is 1.35 bits per heavy atom. The van der Waals surface area contributed by atoms with Gasteiger partial charge in [-0.3, -0.25) is 9.78 Å². The second kappa shape index (κ2) is 4.75. The van der Waals surface area contributed by atoms with E-state index in [2.05, 4.69) is 34.2 Å². The van der Waals surface area contributed by atoms with Crippen LogP contribution in [0, 0.1) is 12.3 Å². The number of fused-ring (bicyclic) bond motifs is 1. The summed E-state index contributed by atoms with van der Waals surface area (Å²) in [6.07, 6.45) is 4.91. The van der Waals surface area contributed by atoms with Crippen LogP contribution in [-0.2, 0) is 4.79 Å². The zero-order valence-corrected chi connectivity index (χ0v) is 13.5. The summed E-state index contributed by atoms with van der Waals surface area (Å²) >= 11 is 0. The third kappa shape index (κ3) is 2.25. The molecule has 2 aromatic heterocycles. The lowest BCUT2D eigenvalue weighted by Gasteiger charge is -2.38.